The highest BCUT2D eigenvalue weighted by atomic mass is 31.1. The van der Waals surface area contributed by atoms with Gasteiger partial charge >= 0.3 is 13.9 Å². The number of hydrogen-bond donors (Lipinski definition) is 2. The summed E-state index contributed by atoms with van der Waals surface area (Å²) in [5.74, 6) is 1.35. The minimum absolute atomic E-state index is 0.152. The second-order valence-corrected chi connectivity index (χ2v) is 12.3. The fourth-order valence-electron chi connectivity index (χ4n) is 5.76. The molecule has 12 nitrogen and oxygen atoms in total. The van der Waals surface area contributed by atoms with Gasteiger partial charge in [-0.05, 0) is 67.3 Å². The minimum atomic E-state index is -2.46. The summed E-state index contributed by atoms with van der Waals surface area (Å²) < 4.78 is 49.7. The van der Waals surface area contributed by atoms with E-state index in [4.69, 9.17) is 33.7 Å². The van der Waals surface area contributed by atoms with Gasteiger partial charge < -0.3 is 24.7 Å². The number of unbranched alkanes of at least 4 members (excludes halogenated alkanes) is 1. The van der Waals surface area contributed by atoms with Gasteiger partial charge in [-0.15, -0.1) is 9.05 Å². The summed E-state index contributed by atoms with van der Waals surface area (Å²) in [6.45, 7) is 2.20. The van der Waals surface area contributed by atoms with E-state index in [2.05, 4.69) is 4.98 Å². The molecule has 1 unspecified atom stereocenters. The predicted molar refractivity (Wildman–Crippen MR) is 180 cm³/mol. The summed E-state index contributed by atoms with van der Waals surface area (Å²) in [5, 5.41) is 0. The van der Waals surface area contributed by atoms with Crippen molar-refractivity contribution in [3.05, 3.63) is 128 Å². The highest BCUT2D eigenvalue weighted by molar-refractivity contribution is 7.33. The van der Waals surface area contributed by atoms with Gasteiger partial charge in [0.15, 0.2) is 0 Å². The van der Waals surface area contributed by atoms with Crippen molar-refractivity contribution in [3.63, 3.8) is 0 Å². The first-order valence-corrected chi connectivity index (χ1v) is 16.8. The van der Waals surface area contributed by atoms with Gasteiger partial charge in [-0.25, -0.2) is 4.79 Å². The van der Waals surface area contributed by atoms with Crippen molar-refractivity contribution in [2.45, 2.75) is 50.2 Å². The standard InChI is InChI=1S/C35H40N3O9P/c1-24-22-38(34(40)37-33(24)39)32-21-30(31(46-32)23-45-48(41)44-20-8-7-19-36)47-35(25-9-5-4-6-10-25,26-11-15-28(42-2)16-12-26)27-13-17-29(43-3)18-14-27/h4-6,9-18,22,30-32H,7-8,19-21,23,36H2,1-3H3/p+1/t30-,31+,32+/m0/s1. The molecule has 0 spiro atoms. The minimum Gasteiger partial charge on any atom is -0.497 e. The largest absolute Gasteiger partial charge is 0.697 e. The SMILES string of the molecule is COc1ccc(C(O[C@H]2C[C@H](n3cc(C)c(=O)[nH]c3=O)O[C@@H]2CO[P+](=O)OCCCCN)(c2ccccc2)c2ccc(OC)cc2)cc1. The normalized spacial score (nSPS) is 18.1. The van der Waals surface area contributed by atoms with Gasteiger partial charge in [0.25, 0.3) is 5.56 Å². The van der Waals surface area contributed by atoms with Crippen molar-refractivity contribution >= 4 is 8.25 Å². The molecular formula is C35H41N3O9P+. The Morgan fingerprint density at radius 3 is 2.08 bits per heavy atom. The van der Waals surface area contributed by atoms with Crippen LogP contribution in [0.2, 0.25) is 0 Å². The third-order valence-corrected chi connectivity index (χ3v) is 9.03. The summed E-state index contributed by atoms with van der Waals surface area (Å²) in [4.78, 5) is 27.5. The second-order valence-electron chi connectivity index (χ2n) is 11.4. The van der Waals surface area contributed by atoms with Crippen molar-refractivity contribution in [2.75, 3.05) is 34.0 Å². The molecule has 254 valence electrons. The number of aromatic amines is 1. The average Bonchev–Trinajstić information content (AvgIpc) is 3.52. The van der Waals surface area contributed by atoms with Crippen LogP contribution in [0.25, 0.3) is 0 Å². The van der Waals surface area contributed by atoms with E-state index in [-0.39, 0.29) is 19.6 Å². The fraction of sp³-hybridized carbons (Fsp3) is 0.371. The number of aryl methyl sites for hydroxylation is 1. The van der Waals surface area contributed by atoms with E-state index >= 15 is 0 Å². The van der Waals surface area contributed by atoms with Crippen LogP contribution in [0.1, 0.15) is 47.7 Å². The van der Waals surface area contributed by atoms with Crippen molar-refractivity contribution in [1.82, 2.24) is 9.55 Å². The van der Waals surface area contributed by atoms with Crippen LogP contribution in [-0.4, -0.2) is 55.7 Å². The number of nitrogens with two attached hydrogens (primary N) is 1. The number of hydrogen-bond acceptors (Lipinski definition) is 10. The van der Waals surface area contributed by atoms with Gasteiger partial charge in [-0.1, -0.05) is 54.6 Å². The topological polar surface area (TPSA) is 153 Å². The Bertz CT molecular complexity index is 1710. The number of rotatable bonds is 16. The molecule has 0 bridgehead atoms. The molecule has 1 aromatic heterocycles. The molecule has 0 radical (unpaired) electrons. The van der Waals surface area contributed by atoms with Crippen LogP contribution < -0.4 is 26.5 Å². The zero-order chi connectivity index (χ0) is 34.1. The monoisotopic (exact) mass is 678 g/mol. The van der Waals surface area contributed by atoms with Crippen LogP contribution in [0.4, 0.5) is 0 Å². The van der Waals surface area contributed by atoms with Crippen molar-refractivity contribution < 1.29 is 32.6 Å². The average molecular weight is 679 g/mol. The lowest BCUT2D eigenvalue weighted by Crippen LogP contribution is -2.41. The van der Waals surface area contributed by atoms with Crippen molar-refractivity contribution in [3.8, 4) is 11.5 Å². The summed E-state index contributed by atoms with van der Waals surface area (Å²) in [6, 6.07) is 25.0. The molecule has 0 aliphatic carbocycles. The lowest BCUT2D eigenvalue weighted by molar-refractivity contribution is -0.0969. The molecule has 4 atom stereocenters. The number of methoxy groups -OCH3 is 2. The maximum Gasteiger partial charge on any atom is 0.697 e. The third-order valence-electron chi connectivity index (χ3n) is 8.28. The highest BCUT2D eigenvalue weighted by Gasteiger charge is 2.47. The number of nitrogens with zero attached hydrogens (tertiary/aromatic N) is 1. The summed E-state index contributed by atoms with van der Waals surface area (Å²) in [7, 11) is 0.746. The Balaban J connectivity index is 1.58. The Morgan fingerprint density at radius 2 is 1.50 bits per heavy atom. The number of ether oxygens (including phenoxy) is 4. The Kier molecular flexibility index (Phi) is 11.9. The zero-order valence-electron chi connectivity index (χ0n) is 27.2. The molecule has 3 N–H and O–H groups in total. The lowest BCUT2D eigenvalue weighted by atomic mass is 9.79. The molecular weight excluding hydrogens is 637 g/mol. The zero-order valence-corrected chi connectivity index (χ0v) is 28.1. The molecule has 4 aromatic rings. The Labute approximate surface area is 279 Å². The maximum atomic E-state index is 13.0. The van der Waals surface area contributed by atoms with E-state index in [1.165, 1.54) is 10.8 Å². The van der Waals surface area contributed by atoms with E-state index < -0.39 is 43.5 Å². The Morgan fingerprint density at radius 1 is 0.896 bits per heavy atom. The van der Waals surface area contributed by atoms with Crippen molar-refractivity contribution in [2.24, 2.45) is 5.73 Å². The molecule has 3 aromatic carbocycles. The smallest absolute Gasteiger partial charge is 0.497 e. The van der Waals surface area contributed by atoms with Crippen LogP contribution in [0.3, 0.4) is 0 Å². The van der Waals surface area contributed by atoms with Gasteiger partial charge in [-0.3, -0.25) is 14.3 Å². The van der Waals surface area contributed by atoms with E-state index in [0.717, 1.165) is 23.1 Å². The molecule has 1 fully saturated rings. The van der Waals surface area contributed by atoms with Gasteiger partial charge in [0, 0.05) is 22.7 Å². The van der Waals surface area contributed by atoms with Crippen LogP contribution in [0.15, 0.2) is 94.6 Å². The van der Waals surface area contributed by atoms with E-state index in [9.17, 15) is 14.2 Å². The third kappa shape index (κ3) is 7.92. The molecule has 2 heterocycles. The quantitative estimate of drug-likeness (QED) is 0.0945. The summed E-state index contributed by atoms with van der Waals surface area (Å²) >= 11 is 0. The van der Waals surface area contributed by atoms with Crippen LogP contribution >= 0.6 is 8.25 Å². The highest BCUT2D eigenvalue weighted by Crippen LogP contribution is 2.46. The first-order chi connectivity index (χ1) is 23.3. The Hall–Kier alpha value is -4.16. The summed E-state index contributed by atoms with van der Waals surface area (Å²) in [5.41, 5.74) is 6.03. The van der Waals surface area contributed by atoms with Crippen molar-refractivity contribution in [1.29, 1.82) is 0 Å². The predicted octanol–water partition coefficient (Wildman–Crippen LogP) is 4.96. The lowest BCUT2D eigenvalue weighted by Gasteiger charge is -2.39. The number of benzene rings is 3. The second kappa shape index (κ2) is 16.3. The van der Waals surface area contributed by atoms with Crippen LogP contribution in [0, 0.1) is 6.92 Å². The van der Waals surface area contributed by atoms with E-state index in [1.807, 2.05) is 78.9 Å². The molecule has 0 saturated carbocycles. The van der Waals surface area contributed by atoms with E-state index in [0.29, 0.717) is 30.0 Å². The molecule has 1 aliphatic rings. The van der Waals surface area contributed by atoms with E-state index in [1.54, 1.807) is 21.1 Å². The van der Waals surface area contributed by atoms with Gasteiger partial charge in [0.1, 0.15) is 42.6 Å². The number of nitrogens with one attached hydrogen (secondary N) is 1. The molecule has 1 aliphatic heterocycles. The first-order valence-electron chi connectivity index (χ1n) is 15.7. The van der Waals surface area contributed by atoms with Gasteiger partial charge in [0.05, 0.1) is 20.3 Å². The van der Waals surface area contributed by atoms with Crippen LogP contribution in [0.5, 0.6) is 11.5 Å². The fourth-order valence-corrected chi connectivity index (χ4v) is 6.38. The molecule has 13 heteroatoms. The molecule has 5 rings (SSSR count). The molecule has 0 amide bonds. The number of H-pyrrole nitrogens is 1. The summed E-state index contributed by atoms with van der Waals surface area (Å²) in [6.07, 6.45) is 0.721. The van der Waals surface area contributed by atoms with Gasteiger partial charge in [0.2, 0.25) is 0 Å². The number of aromatic nitrogens is 2. The van der Waals surface area contributed by atoms with Crippen LogP contribution in [-0.2, 0) is 28.7 Å². The maximum absolute atomic E-state index is 13.0. The first kappa shape index (κ1) is 35.2. The molecule has 1 saturated heterocycles. The molecule has 48 heavy (non-hydrogen) atoms. The van der Waals surface area contributed by atoms with Gasteiger partial charge in [-0.2, -0.15) is 0 Å².